The Labute approximate surface area is 203 Å². The van der Waals surface area contributed by atoms with E-state index in [0.29, 0.717) is 11.8 Å². The molecule has 1 N–H and O–H groups in total. The summed E-state index contributed by atoms with van der Waals surface area (Å²) in [7, 11) is 2.29. The number of benzene rings is 2. The summed E-state index contributed by atoms with van der Waals surface area (Å²) in [6, 6.07) is 18.6. The lowest BCUT2D eigenvalue weighted by Crippen LogP contribution is -2.47. The third-order valence-corrected chi connectivity index (χ3v) is 9.16. The Morgan fingerprint density at radius 1 is 0.697 bits per heavy atom. The molecule has 0 saturated carbocycles. The molecule has 0 amide bonds. The first-order valence-electron chi connectivity index (χ1n) is 12.9. The van der Waals surface area contributed by atoms with Crippen LogP contribution in [0.25, 0.3) is 11.1 Å². The number of rotatable bonds is 5. The zero-order chi connectivity index (χ0) is 24.2. The van der Waals surface area contributed by atoms with Crippen molar-refractivity contribution in [1.29, 1.82) is 0 Å². The van der Waals surface area contributed by atoms with Crippen LogP contribution in [0.15, 0.2) is 48.5 Å². The minimum absolute atomic E-state index is 0.190. The molecule has 2 aliphatic rings. The van der Waals surface area contributed by atoms with E-state index < -0.39 is 0 Å². The lowest BCUT2D eigenvalue weighted by Gasteiger charge is -2.38. The molecule has 0 aliphatic carbocycles. The van der Waals surface area contributed by atoms with Gasteiger partial charge in [-0.15, -0.1) is 0 Å². The van der Waals surface area contributed by atoms with E-state index in [0.717, 1.165) is 12.8 Å². The average molecular weight is 447 g/mol. The topological polar surface area (TPSA) is 15.3 Å². The molecule has 0 radical (unpaired) electrons. The molecule has 2 aromatic carbocycles. The molecule has 0 aromatic heterocycles. The molecule has 180 valence electrons. The molecular weight excluding hydrogens is 400 g/mol. The van der Waals surface area contributed by atoms with Crippen LogP contribution < -0.4 is 5.32 Å². The highest BCUT2D eigenvalue weighted by Crippen LogP contribution is 2.45. The van der Waals surface area contributed by atoms with Crippen LogP contribution in [0.5, 0.6) is 0 Å². The molecule has 4 rings (SSSR count). The summed E-state index contributed by atoms with van der Waals surface area (Å²) >= 11 is 0. The Kier molecular flexibility index (Phi) is 6.11. The maximum absolute atomic E-state index is 3.82. The first-order valence-corrected chi connectivity index (χ1v) is 12.9. The van der Waals surface area contributed by atoms with Crippen LogP contribution >= 0.6 is 0 Å². The molecule has 2 aliphatic heterocycles. The van der Waals surface area contributed by atoms with Gasteiger partial charge in [0.2, 0.25) is 0 Å². The quantitative estimate of drug-likeness (QED) is 0.526. The zero-order valence-electron chi connectivity index (χ0n) is 22.5. The summed E-state index contributed by atoms with van der Waals surface area (Å²) in [6.45, 7) is 18.9. The van der Waals surface area contributed by atoms with Crippen molar-refractivity contribution in [3.8, 4) is 11.1 Å². The van der Waals surface area contributed by atoms with E-state index in [4.69, 9.17) is 0 Å². The van der Waals surface area contributed by atoms with Gasteiger partial charge in [0.1, 0.15) is 0 Å². The largest absolute Gasteiger partial charge is 0.307 e. The predicted molar refractivity (Wildman–Crippen MR) is 143 cm³/mol. The van der Waals surface area contributed by atoms with Gasteiger partial charge in [0.25, 0.3) is 0 Å². The van der Waals surface area contributed by atoms with E-state index in [1.54, 1.807) is 0 Å². The van der Waals surface area contributed by atoms with Crippen molar-refractivity contribution < 1.29 is 0 Å². The highest BCUT2D eigenvalue weighted by molar-refractivity contribution is 5.64. The van der Waals surface area contributed by atoms with Crippen molar-refractivity contribution in [3.63, 3.8) is 0 Å². The number of nitrogens with zero attached hydrogens (tertiary/aromatic N) is 1. The van der Waals surface area contributed by atoms with Crippen LogP contribution in [0, 0.1) is 11.8 Å². The monoisotopic (exact) mass is 446 g/mol. The van der Waals surface area contributed by atoms with E-state index in [9.17, 15) is 0 Å². The Balaban J connectivity index is 1.42. The second-order valence-corrected chi connectivity index (χ2v) is 13.4. The van der Waals surface area contributed by atoms with Crippen molar-refractivity contribution >= 4 is 0 Å². The summed E-state index contributed by atoms with van der Waals surface area (Å²) in [5, 5.41) is 3.82. The van der Waals surface area contributed by atoms with Gasteiger partial charge in [0.05, 0.1) is 0 Å². The molecule has 2 heterocycles. The minimum atomic E-state index is 0.190. The molecule has 33 heavy (non-hydrogen) atoms. The smallest absolute Gasteiger partial charge is 0.0187 e. The van der Waals surface area contributed by atoms with E-state index in [-0.39, 0.29) is 22.2 Å². The second kappa shape index (κ2) is 8.24. The molecule has 0 spiro atoms. The van der Waals surface area contributed by atoms with Crippen LogP contribution in [-0.2, 0) is 12.8 Å². The van der Waals surface area contributed by atoms with E-state index >= 15 is 0 Å². The third kappa shape index (κ3) is 4.93. The zero-order valence-corrected chi connectivity index (χ0v) is 22.5. The highest BCUT2D eigenvalue weighted by Gasteiger charge is 2.48. The Morgan fingerprint density at radius 2 is 1.15 bits per heavy atom. The van der Waals surface area contributed by atoms with E-state index in [1.807, 2.05) is 0 Å². The average Bonchev–Trinajstić information content (AvgIpc) is 3.02. The second-order valence-electron chi connectivity index (χ2n) is 13.4. The van der Waals surface area contributed by atoms with Gasteiger partial charge in [-0.05, 0) is 122 Å². The van der Waals surface area contributed by atoms with Gasteiger partial charge in [-0.2, -0.15) is 0 Å². The summed E-state index contributed by atoms with van der Waals surface area (Å²) < 4.78 is 0. The number of likely N-dealkylation sites (tertiary alicyclic amines) is 1. The molecule has 2 nitrogen and oxygen atoms in total. The third-order valence-electron chi connectivity index (χ3n) is 9.16. The van der Waals surface area contributed by atoms with Crippen LogP contribution in [-0.4, -0.2) is 34.1 Å². The first-order chi connectivity index (χ1) is 15.2. The van der Waals surface area contributed by atoms with Crippen molar-refractivity contribution in [2.24, 2.45) is 11.8 Å². The number of hydrogen-bond donors (Lipinski definition) is 1. The predicted octanol–water partition coefficient (Wildman–Crippen LogP) is 7.11. The van der Waals surface area contributed by atoms with E-state index in [2.05, 4.69) is 121 Å². The lowest BCUT2D eigenvalue weighted by molar-refractivity contribution is 0.0999. The van der Waals surface area contributed by atoms with Gasteiger partial charge in [-0.25, -0.2) is 0 Å². The van der Waals surface area contributed by atoms with E-state index in [1.165, 1.54) is 35.1 Å². The maximum atomic E-state index is 3.82. The summed E-state index contributed by atoms with van der Waals surface area (Å²) in [6.07, 6.45) is 4.78. The SMILES string of the molecule is CN1C(C)(C)CC(Cc2ccc(-c3ccc(CC4CC(C)(C)NC4(C)C)cc3)cc2)C1(C)C. The molecule has 2 atom stereocenters. The minimum Gasteiger partial charge on any atom is -0.307 e. The normalized spacial score (nSPS) is 27.7. The van der Waals surface area contributed by atoms with Crippen molar-refractivity contribution in [2.45, 2.75) is 103 Å². The summed E-state index contributed by atoms with van der Waals surface area (Å²) in [5.41, 5.74) is 6.46. The van der Waals surface area contributed by atoms with Gasteiger partial charge < -0.3 is 5.32 Å². The highest BCUT2D eigenvalue weighted by atomic mass is 15.3. The number of hydrogen-bond acceptors (Lipinski definition) is 2. The van der Waals surface area contributed by atoms with Gasteiger partial charge in [0.15, 0.2) is 0 Å². The summed E-state index contributed by atoms with van der Waals surface area (Å²) in [5.74, 6) is 1.35. The Bertz CT molecular complexity index is 963. The molecule has 2 heteroatoms. The van der Waals surface area contributed by atoms with Gasteiger partial charge in [-0.1, -0.05) is 48.5 Å². The van der Waals surface area contributed by atoms with Crippen molar-refractivity contribution in [1.82, 2.24) is 10.2 Å². The first kappa shape index (κ1) is 24.5. The van der Waals surface area contributed by atoms with Crippen LogP contribution in [0.2, 0.25) is 0 Å². The Morgan fingerprint density at radius 3 is 1.52 bits per heavy atom. The summed E-state index contributed by atoms with van der Waals surface area (Å²) in [4.78, 5) is 2.57. The number of nitrogens with one attached hydrogen (secondary N) is 1. The van der Waals surface area contributed by atoms with Crippen molar-refractivity contribution in [2.75, 3.05) is 7.05 Å². The molecule has 2 aromatic rings. The maximum Gasteiger partial charge on any atom is 0.0187 e. The van der Waals surface area contributed by atoms with Gasteiger partial charge in [0, 0.05) is 22.2 Å². The fourth-order valence-corrected chi connectivity index (χ4v) is 6.82. The van der Waals surface area contributed by atoms with Crippen molar-refractivity contribution in [3.05, 3.63) is 59.7 Å². The van der Waals surface area contributed by atoms with Crippen LogP contribution in [0.3, 0.4) is 0 Å². The molecule has 2 saturated heterocycles. The van der Waals surface area contributed by atoms with Crippen LogP contribution in [0.4, 0.5) is 0 Å². The molecule has 0 bridgehead atoms. The standard InChI is InChI=1S/C31H46N2/c1-28(2)20-26(30(5,6)32-28)18-22-10-14-24(15-11-22)25-16-12-23(13-17-25)19-27-21-29(3,4)33(9)31(27,7)8/h10-17,26-27,32H,18-21H2,1-9H3. The van der Waals surface area contributed by atoms with Gasteiger partial charge >= 0.3 is 0 Å². The Hall–Kier alpha value is -1.64. The fraction of sp³-hybridized carbons (Fsp3) is 0.613. The van der Waals surface area contributed by atoms with Gasteiger partial charge in [-0.3, -0.25) is 4.90 Å². The molecule has 2 unspecified atom stereocenters. The molecule has 2 fully saturated rings. The molecular formula is C31H46N2. The fourth-order valence-electron chi connectivity index (χ4n) is 6.82. The van der Waals surface area contributed by atoms with Crippen LogP contribution in [0.1, 0.15) is 79.4 Å². The lowest BCUT2D eigenvalue weighted by atomic mass is 9.82.